The summed E-state index contributed by atoms with van der Waals surface area (Å²) in [4.78, 5) is 43.0. The molecule has 0 aromatic carbocycles. The van der Waals surface area contributed by atoms with Crippen molar-refractivity contribution < 1.29 is 19.1 Å². The summed E-state index contributed by atoms with van der Waals surface area (Å²) in [7, 11) is 0. The normalized spacial score (nSPS) is 12.3. The number of nitrogens with zero attached hydrogens (tertiary/aromatic N) is 1. The van der Waals surface area contributed by atoms with Gasteiger partial charge in [0.2, 0.25) is 0 Å². The molecule has 26 heavy (non-hydrogen) atoms. The van der Waals surface area contributed by atoms with Crippen molar-refractivity contribution in [1.29, 1.82) is 0 Å². The third-order valence-electron chi connectivity index (χ3n) is 3.36. The molecule has 1 rings (SSSR count). The van der Waals surface area contributed by atoms with Crippen LogP contribution < -0.4 is 16.4 Å². The van der Waals surface area contributed by atoms with Crippen molar-refractivity contribution in [1.82, 2.24) is 20.6 Å². The monoisotopic (exact) mass is 367 g/mol. The topological polar surface area (TPSA) is 139 Å². The van der Waals surface area contributed by atoms with E-state index in [9.17, 15) is 14.4 Å². The van der Waals surface area contributed by atoms with E-state index >= 15 is 0 Å². The Kier molecular flexibility index (Phi) is 8.24. The average Bonchev–Trinajstić information content (AvgIpc) is 3.02. The van der Waals surface area contributed by atoms with Crippen LogP contribution in [0.3, 0.4) is 0 Å². The molecular weight excluding hydrogens is 338 g/mol. The van der Waals surface area contributed by atoms with E-state index in [1.54, 1.807) is 20.8 Å². The Bertz CT molecular complexity index is 621. The van der Waals surface area contributed by atoms with Crippen molar-refractivity contribution in [2.45, 2.75) is 58.6 Å². The molecule has 0 saturated heterocycles. The molecule has 0 saturated carbocycles. The lowest BCUT2D eigenvalue weighted by molar-refractivity contribution is -0.156. The number of ether oxygens (including phenoxy) is 1. The largest absolute Gasteiger partial charge is 0.458 e. The van der Waals surface area contributed by atoms with Crippen LogP contribution in [0.2, 0.25) is 0 Å². The predicted octanol–water partition coefficient (Wildman–Crippen LogP) is 0.729. The van der Waals surface area contributed by atoms with Crippen LogP contribution in [0.1, 0.15) is 67.9 Å². The maximum atomic E-state index is 12.3. The zero-order valence-electron chi connectivity index (χ0n) is 15.8. The number of aromatic amines is 1. The summed E-state index contributed by atoms with van der Waals surface area (Å²) in [5.74, 6) is -1.62. The Morgan fingerprint density at radius 3 is 2.54 bits per heavy atom. The van der Waals surface area contributed by atoms with Gasteiger partial charge in [-0.25, -0.2) is 9.78 Å². The highest BCUT2D eigenvalue weighted by molar-refractivity contribution is 6.05. The lowest BCUT2D eigenvalue weighted by atomic mass is 10.2. The molecule has 1 aromatic heterocycles. The van der Waals surface area contributed by atoms with Gasteiger partial charge in [-0.3, -0.25) is 9.59 Å². The maximum Gasteiger partial charge on any atom is 0.328 e. The van der Waals surface area contributed by atoms with Crippen molar-refractivity contribution in [3.05, 3.63) is 17.7 Å². The predicted molar refractivity (Wildman–Crippen MR) is 96.6 cm³/mol. The number of nitrogens with two attached hydrogens (primary N) is 1. The van der Waals surface area contributed by atoms with Gasteiger partial charge in [-0.2, -0.15) is 0 Å². The number of nitrogens with one attached hydrogen (secondary N) is 3. The molecule has 2 amide bonds. The van der Waals surface area contributed by atoms with Crippen LogP contribution in [-0.2, 0) is 9.53 Å². The Balaban J connectivity index is 2.62. The first kappa shape index (κ1) is 21.6. The summed E-state index contributed by atoms with van der Waals surface area (Å²) in [5.41, 5.74) is 4.75. The molecule has 0 unspecified atom stereocenters. The fourth-order valence-electron chi connectivity index (χ4n) is 2.09. The van der Waals surface area contributed by atoms with E-state index in [1.807, 2.05) is 0 Å². The van der Waals surface area contributed by atoms with Gasteiger partial charge in [-0.15, -0.1) is 0 Å². The highest BCUT2D eigenvalue weighted by Gasteiger charge is 2.26. The summed E-state index contributed by atoms with van der Waals surface area (Å²) in [6.07, 6.45) is 3.88. The van der Waals surface area contributed by atoms with Gasteiger partial charge in [0.05, 0.1) is 6.33 Å². The molecule has 0 aliphatic rings. The Labute approximate surface area is 153 Å². The lowest BCUT2D eigenvalue weighted by Gasteiger charge is -2.22. The first-order chi connectivity index (χ1) is 12.2. The molecule has 0 aliphatic heterocycles. The number of aromatic nitrogens is 2. The van der Waals surface area contributed by atoms with Gasteiger partial charge in [0.25, 0.3) is 11.8 Å². The molecule has 146 valence electrons. The molecule has 0 radical (unpaired) electrons. The van der Waals surface area contributed by atoms with Crippen molar-refractivity contribution in [2.24, 2.45) is 5.73 Å². The first-order valence-corrected chi connectivity index (χ1v) is 8.71. The zero-order valence-corrected chi connectivity index (χ0v) is 15.8. The smallest absolute Gasteiger partial charge is 0.328 e. The summed E-state index contributed by atoms with van der Waals surface area (Å²) in [6.45, 7) is 7.83. The van der Waals surface area contributed by atoms with E-state index in [4.69, 9.17) is 10.5 Å². The minimum Gasteiger partial charge on any atom is -0.458 e. The van der Waals surface area contributed by atoms with Gasteiger partial charge >= 0.3 is 5.97 Å². The van der Waals surface area contributed by atoms with Crippen molar-refractivity contribution >= 4 is 17.8 Å². The average molecular weight is 367 g/mol. The van der Waals surface area contributed by atoms with Crippen LogP contribution in [0.5, 0.6) is 0 Å². The van der Waals surface area contributed by atoms with E-state index < -0.39 is 29.4 Å². The molecule has 1 atom stereocenters. The van der Waals surface area contributed by atoms with E-state index in [0.717, 1.165) is 19.3 Å². The Morgan fingerprint density at radius 1 is 1.23 bits per heavy atom. The molecular formula is C17H29N5O4. The number of amides is 2. The highest BCUT2D eigenvalue weighted by atomic mass is 16.6. The van der Waals surface area contributed by atoms with Crippen LogP contribution in [0.15, 0.2) is 6.33 Å². The van der Waals surface area contributed by atoms with E-state index in [1.165, 1.54) is 13.3 Å². The van der Waals surface area contributed by atoms with Crippen LogP contribution in [-0.4, -0.2) is 52.5 Å². The molecule has 9 heteroatoms. The third kappa shape index (κ3) is 7.22. The van der Waals surface area contributed by atoms with Crippen molar-refractivity contribution in [3.8, 4) is 0 Å². The number of carbonyl (C=O) groups is 3. The standard InChI is InChI=1S/C17H29N5O4/c1-11(16(25)26-17(2,3)4)22-15(24)13-12(20-10-21-13)14(23)19-9-7-5-6-8-18/h10-11H,5-9,18H2,1-4H3,(H,19,23)(H,20,21)(H,22,24)/t11-/m0/s1. The second kappa shape index (κ2) is 9.91. The van der Waals surface area contributed by atoms with Crippen LogP contribution in [0.25, 0.3) is 0 Å². The van der Waals surface area contributed by atoms with E-state index in [-0.39, 0.29) is 11.4 Å². The molecule has 1 heterocycles. The molecule has 0 fully saturated rings. The molecule has 0 aliphatic carbocycles. The number of imidazole rings is 1. The number of H-pyrrole nitrogens is 1. The summed E-state index contributed by atoms with van der Waals surface area (Å²) < 4.78 is 5.21. The van der Waals surface area contributed by atoms with E-state index in [0.29, 0.717) is 13.1 Å². The summed E-state index contributed by atoms with van der Waals surface area (Å²) >= 11 is 0. The van der Waals surface area contributed by atoms with Gasteiger partial charge in [-0.05, 0) is 47.1 Å². The number of unbranched alkanes of at least 4 members (excludes halogenated alkanes) is 2. The van der Waals surface area contributed by atoms with Gasteiger partial charge in [0.15, 0.2) is 5.69 Å². The van der Waals surface area contributed by atoms with Crippen LogP contribution in [0, 0.1) is 0 Å². The zero-order chi connectivity index (χ0) is 19.7. The minimum absolute atomic E-state index is 0.0534. The number of carbonyl (C=O) groups excluding carboxylic acids is 3. The second-order valence-electron chi connectivity index (χ2n) is 6.96. The Hall–Kier alpha value is -2.42. The Morgan fingerprint density at radius 2 is 1.92 bits per heavy atom. The molecule has 1 aromatic rings. The highest BCUT2D eigenvalue weighted by Crippen LogP contribution is 2.09. The van der Waals surface area contributed by atoms with Crippen molar-refractivity contribution in [2.75, 3.05) is 13.1 Å². The van der Waals surface area contributed by atoms with Gasteiger partial charge in [0.1, 0.15) is 17.3 Å². The molecule has 0 bridgehead atoms. The number of hydrogen-bond acceptors (Lipinski definition) is 6. The summed E-state index contributed by atoms with van der Waals surface area (Å²) in [5, 5.41) is 5.22. The fraction of sp³-hybridized carbons (Fsp3) is 0.647. The molecule has 9 nitrogen and oxygen atoms in total. The molecule has 5 N–H and O–H groups in total. The lowest BCUT2D eigenvalue weighted by Crippen LogP contribution is -2.43. The third-order valence-corrected chi connectivity index (χ3v) is 3.36. The number of esters is 1. The van der Waals surface area contributed by atoms with Crippen LogP contribution >= 0.6 is 0 Å². The molecule has 0 spiro atoms. The van der Waals surface area contributed by atoms with E-state index in [2.05, 4.69) is 20.6 Å². The van der Waals surface area contributed by atoms with Gasteiger partial charge < -0.3 is 26.1 Å². The van der Waals surface area contributed by atoms with Crippen LogP contribution in [0.4, 0.5) is 0 Å². The maximum absolute atomic E-state index is 12.3. The van der Waals surface area contributed by atoms with Gasteiger partial charge in [-0.1, -0.05) is 6.42 Å². The fourth-order valence-corrected chi connectivity index (χ4v) is 2.09. The first-order valence-electron chi connectivity index (χ1n) is 8.71. The minimum atomic E-state index is -0.870. The van der Waals surface area contributed by atoms with Crippen molar-refractivity contribution in [3.63, 3.8) is 0 Å². The summed E-state index contributed by atoms with van der Waals surface area (Å²) in [6, 6.07) is -0.870. The number of hydrogen-bond donors (Lipinski definition) is 4. The van der Waals surface area contributed by atoms with Gasteiger partial charge in [0, 0.05) is 6.54 Å². The quantitative estimate of drug-likeness (QED) is 0.375. The SMILES string of the molecule is C[C@H](NC(=O)c1nc[nH]c1C(=O)NCCCCCN)C(=O)OC(C)(C)C. The number of rotatable bonds is 9. The second-order valence-corrected chi connectivity index (χ2v) is 6.96.